The smallest absolute Gasteiger partial charge is 0.264 e. The Bertz CT molecular complexity index is 1300. The topological polar surface area (TPSA) is 86.8 Å². The molecule has 0 bridgehead atoms. The molecule has 0 fully saturated rings. The third-order valence-corrected chi connectivity index (χ3v) is 7.91. The Labute approximate surface area is 218 Å². The quantitative estimate of drug-likeness (QED) is 0.403. The van der Waals surface area contributed by atoms with Gasteiger partial charge in [0, 0.05) is 18.2 Å². The van der Waals surface area contributed by atoms with E-state index in [0.717, 1.165) is 4.31 Å². The van der Waals surface area contributed by atoms with Crippen molar-refractivity contribution in [2.24, 2.45) is 0 Å². The van der Waals surface area contributed by atoms with Crippen molar-refractivity contribution in [2.45, 2.75) is 50.7 Å². The molecule has 0 spiro atoms. The fourth-order valence-electron chi connectivity index (χ4n) is 3.70. The monoisotopic (exact) mass is 525 g/mol. The van der Waals surface area contributed by atoms with Crippen molar-refractivity contribution in [3.8, 4) is 0 Å². The molecular weight excluding hydrogens is 493 g/mol. The number of rotatable bonds is 11. The number of halogens is 1. The first-order chi connectivity index (χ1) is 17.6. The van der Waals surface area contributed by atoms with Gasteiger partial charge in [-0.15, -0.1) is 0 Å². The molecule has 3 aromatic carbocycles. The molecule has 0 aliphatic rings. The third-order valence-electron chi connectivity index (χ3n) is 6.12. The Balaban J connectivity index is 2.00. The van der Waals surface area contributed by atoms with Gasteiger partial charge in [0.1, 0.15) is 18.4 Å². The molecule has 0 aliphatic heterocycles. The number of para-hydroxylation sites is 1. The van der Waals surface area contributed by atoms with Gasteiger partial charge in [-0.05, 0) is 50.6 Å². The van der Waals surface area contributed by atoms with E-state index in [2.05, 4.69) is 5.32 Å². The second-order valence-corrected chi connectivity index (χ2v) is 10.6. The van der Waals surface area contributed by atoms with Gasteiger partial charge in [-0.3, -0.25) is 13.9 Å². The summed E-state index contributed by atoms with van der Waals surface area (Å²) in [5.74, 6) is -1.57. The molecule has 9 heteroatoms. The predicted molar refractivity (Wildman–Crippen MR) is 142 cm³/mol. The highest BCUT2D eigenvalue weighted by Gasteiger charge is 2.33. The molecule has 3 rings (SSSR count). The van der Waals surface area contributed by atoms with Gasteiger partial charge < -0.3 is 10.2 Å². The number of nitrogens with one attached hydrogen (secondary N) is 1. The lowest BCUT2D eigenvalue weighted by molar-refractivity contribution is -0.139. The molecule has 0 heterocycles. The lowest BCUT2D eigenvalue weighted by Crippen LogP contribution is -2.52. The van der Waals surface area contributed by atoms with Crippen molar-refractivity contribution in [3.05, 3.63) is 96.3 Å². The third kappa shape index (κ3) is 6.95. The maximum absolute atomic E-state index is 14.5. The largest absolute Gasteiger partial charge is 0.352 e. The second-order valence-electron chi connectivity index (χ2n) is 8.77. The SMILES string of the molecule is CC[C@@H](C)NC(=O)[C@H](C)N(Cc1ccccc1F)C(=O)CN(c1ccccc1)S(=O)(=O)c1ccccc1. The number of anilines is 1. The van der Waals surface area contributed by atoms with Crippen LogP contribution in [0.25, 0.3) is 0 Å². The molecule has 0 saturated carbocycles. The van der Waals surface area contributed by atoms with Gasteiger partial charge in [0.05, 0.1) is 10.6 Å². The van der Waals surface area contributed by atoms with E-state index >= 15 is 0 Å². The zero-order chi connectivity index (χ0) is 27.0. The predicted octanol–water partition coefficient (Wildman–Crippen LogP) is 4.35. The fourth-order valence-corrected chi connectivity index (χ4v) is 5.14. The molecule has 37 heavy (non-hydrogen) atoms. The van der Waals surface area contributed by atoms with Crippen molar-refractivity contribution in [1.29, 1.82) is 0 Å². The summed E-state index contributed by atoms with van der Waals surface area (Å²) in [6, 6.07) is 21.0. The average Bonchev–Trinajstić information content (AvgIpc) is 2.91. The highest BCUT2D eigenvalue weighted by atomic mass is 32.2. The molecule has 2 atom stereocenters. The summed E-state index contributed by atoms with van der Waals surface area (Å²) in [6.07, 6.45) is 0.691. The number of nitrogens with zero attached hydrogens (tertiary/aromatic N) is 2. The van der Waals surface area contributed by atoms with Crippen molar-refractivity contribution >= 4 is 27.5 Å². The summed E-state index contributed by atoms with van der Waals surface area (Å²) in [5.41, 5.74) is 0.512. The van der Waals surface area contributed by atoms with E-state index in [0.29, 0.717) is 12.1 Å². The minimum atomic E-state index is -4.12. The second kappa shape index (κ2) is 12.5. The first-order valence-corrected chi connectivity index (χ1v) is 13.5. The lowest BCUT2D eigenvalue weighted by atomic mass is 10.1. The van der Waals surface area contributed by atoms with Crippen LogP contribution in [0.1, 0.15) is 32.8 Å². The molecule has 7 nitrogen and oxygen atoms in total. The van der Waals surface area contributed by atoms with Crippen LogP contribution in [-0.4, -0.2) is 43.8 Å². The van der Waals surface area contributed by atoms with E-state index in [1.807, 2.05) is 13.8 Å². The fraction of sp³-hybridized carbons (Fsp3) is 0.286. The number of amides is 2. The molecule has 1 N–H and O–H groups in total. The molecule has 0 saturated heterocycles. The molecule has 0 radical (unpaired) electrons. The van der Waals surface area contributed by atoms with Crippen LogP contribution < -0.4 is 9.62 Å². The highest BCUT2D eigenvalue weighted by Crippen LogP contribution is 2.24. The number of carbonyl (C=O) groups is 2. The van der Waals surface area contributed by atoms with Gasteiger partial charge in [0.2, 0.25) is 11.8 Å². The van der Waals surface area contributed by atoms with E-state index in [1.54, 1.807) is 61.5 Å². The highest BCUT2D eigenvalue weighted by molar-refractivity contribution is 7.92. The van der Waals surface area contributed by atoms with Crippen LogP contribution in [0.3, 0.4) is 0 Å². The minimum Gasteiger partial charge on any atom is -0.352 e. The Morgan fingerprint density at radius 3 is 2.05 bits per heavy atom. The maximum Gasteiger partial charge on any atom is 0.264 e. The molecule has 3 aromatic rings. The van der Waals surface area contributed by atoms with Crippen LogP contribution in [-0.2, 0) is 26.2 Å². The Morgan fingerprint density at radius 2 is 1.46 bits per heavy atom. The molecule has 0 unspecified atom stereocenters. The van der Waals surface area contributed by atoms with E-state index in [-0.39, 0.29) is 23.0 Å². The van der Waals surface area contributed by atoms with E-state index in [9.17, 15) is 22.4 Å². The van der Waals surface area contributed by atoms with Crippen LogP contribution in [0.4, 0.5) is 10.1 Å². The van der Waals surface area contributed by atoms with Gasteiger partial charge in [0.25, 0.3) is 10.0 Å². The van der Waals surface area contributed by atoms with Crippen LogP contribution in [0.5, 0.6) is 0 Å². The average molecular weight is 526 g/mol. The van der Waals surface area contributed by atoms with Crippen LogP contribution in [0.15, 0.2) is 89.8 Å². The lowest BCUT2D eigenvalue weighted by Gasteiger charge is -2.32. The zero-order valence-corrected chi connectivity index (χ0v) is 22.0. The molecular formula is C28H32FN3O4S. The summed E-state index contributed by atoms with van der Waals surface area (Å²) in [5, 5.41) is 2.85. The Morgan fingerprint density at radius 1 is 0.892 bits per heavy atom. The van der Waals surface area contributed by atoms with E-state index in [1.165, 1.54) is 35.2 Å². The number of hydrogen-bond donors (Lipinski definition) is 1. The molecule has 196 valence electrons. The van der Waals surface area contributed by atoms with Gasteiger partial charge in [-0.2, -0.15) is 0 Å². The molecule has 0 aromatic heterocycles. The van der Waals surface area contributed by atoms with Crippen molar-refractivity contribution in [2.75, 3.05) is 10.8 Å². The number of benzene rings is 3. The first-order valence-electron chi connectivity index (χ1n) is 12.1. The van der Waals surface area contributed by atoms with Gasteiger partial charge in [-0.1, -0.05) is 61.5 Å². The summed E-state index contributed by atoms with van der Waals surface area (Å²) < 4.78 is 42.8. The summed E-state index contributed by atoms with van der Waals surface area (Å²) >= 11 is 0. The maximum atomic E-state index is 14.5. The first kappa shape index (κ1) is 27.9. The molecule has 0 aliphatic carbocycles. The van der Waals surface area contributed by atoms with Gasteiger partial charge in [0.15, 0.2) is 0 Å². The zero-order valence-electron chi connectivity index (χ0n) is 21.2. The van der Waals surface area contributed by atoms with Crippen molar-refractivity contribution in [1.82, 2.24) is 10.2 Å². The number of carbonyl (C=O) groups excluding carboxylic acids is 2. The normalized spacial score (nSPS) is 12.9. The number of sulfonamides is 1. The summed E-state index contributed by atoms with van der Waals surface area (Å²) in [7, 11) is -4.12. The summed E-state index contributed by atoms with van der Waals surface area (Å²) in [4.78, 5) is 28.0. The number of hydrogen-bond acceptors (Lipinski definition) is 4. The van der Waals surface area contributed by atoms with Crippen LogP contribution >= 0.6 is 0 Å². The van der Waals surface area contributed by atoms with Crippen molar-refractivity contribution < 1.29 is 22.4 Å². The van der Waals surface area contributed by atoms with E-state index in [4.69, 9.17) is 0 Å². The van der Waals surface area contributed by atoms with E-state index < -0.39 is 40.2 Å². The standard InChI is InChI=1S/C28H32FN3O4S/c1-4-21(2)30-28(34)22(3)31(19-23-13-11-12-18-26(23)29)27(33)20-32(24-14-7-5-8-15-24)37(35,36)25-16-9-6-10-17-25/h5-18,21-22H,4,19-20H2,1-3H3,(H,30,34)/t21-,22+/m1/s1. The van der Waals surface area contributed by atoms with Gasteiger partial charge >= 0.3 is 0 Å². The van der Waals surface area contributed by atoms with Gasteiger partial charge in [-0.25, -0.2) is 12.8 Å². The Kier molecular flexibility index (Phi) is 9.41. The minimum absolute atomic E-state index is 0.0230. The Hall–Kier alpha value is -3.72. The van der Waals surface area contributed by atoms with Crippen LogP contribution in [0.2, 0.25) is 0 Å². The van der Waals surface area contributed by atoms with Crippen molar-refractivity contribution in [3.63, 3.8) is 0 Å². The summed E-state index contributed by atoms with van der Waals surface area (Å²) in [6.45, 7) is 4.54. The molecule has 2 amide bonds. The van der Waals surface area contributed by atoms with Crippen LogP contribution in [0, 0.1) is 5.82 Å².